The molecule has 0 aliphatic heterocycles. The first-order chi connectivity index (χ1) is 9.93. The van der Waals surface area contributed by atoms with Crippen molar-refractivity contribution in [2.75, 3.05) is 0 Å². The lowest BCUT2D eigenvalue weighted by Crippen LogP contribution is -2.60. The minimum absolute atomic E-state index is 0.222. The Hall–Kier alpha value is -0.780. The van der Waals surface area contributed by atoms with Crippen molar-refractivity contribution < 1.29 is 4.79 Å². The lowest BCUT2D eigenvalue weighted by molar-refractivity contribution is -0.126. The zero-order valence-electron chi connectivity index (χ0n) is 12.4. The summed E-state index contributed by atoms with van der Waals surface area (Å²) in [5.41, 5.74) is 5.08. The van der Waals surface area contributed by atoms with Crippen LogP contribution in [0.3, 0.4) is 0 Å². The van der Waals surface area contributed by atoms with Crippen molar-refractivity contribution in [3.05, 3.63) is 23.4 Å². The fraction of sp³-hybridized carbons (Fsp3) is 0.600. The number of aromatic nitrogens is 1. The monoisotopic (exact) mass is 327 g/mol. The topological polar surface area (TPSA) is 68.0 Å². The van der Waals surface area contributed by atoms with E-state index < -0.39 is 5.54 Å². The second-order valence-electron chi connectivity index (χ2n) is 5.87. The molecule has 0 radical (unpaired) electrons. The number of nitrogens with two attached hydrogens (primary N) is 1. The normalized spacial score (nSPS) is 26.0. The molecule has 1 aliphatic carbocycles. The molecule has 1 aliphatic rings. The van der Waals surface area contributed by atoms with E-state index in [1.54, 1.807) is 18.0 Å². The molecule has 0 spiro atoms. The van der Waals surface area contributed by atoms with Gasteiger partial charge in [-0.1, -0.05) is 11.6 Å². The van der Waals surface area contributed by atoms with Crippen LogP contribution in [0.25, 0.3) is 0 Å². The summed E-state index contributed by atoms with van der Waals surface area (Å²) in [6, 6.07) is 3.88. The molecule has 0 aromatic carbocycles. The highest BCUT2D eigenvalue weighted by Crippen LogP contribution is 2.39. The zero-order valence-corrected chi connectivity index (χ0v) is 14.0. The van der Waals surface area contributed by atoms with Gasteiger partial charge in [0, 0.05) is 17.5 Å². The van der Waals surface area contributed by atoms with Crippen molar-refractivity contribution in [3.63, 3.8) is 0 Å². The zero-order chi connectivity index (χ0) is 15.5. The second-order valence-corrected chi connectivity index (χ2v) is 7.57. The Bertz CT molecular complexity index is 511. The number of thioether (sulfide) groups is 1. The number of rotatable bonds is 5. The van der Waals surface area contributed by atoms with Crippen molar-refractivity contribution >= 4 is 29.3 Å². The first-order valence-corrected chi connectivity index (χ1v) is 8.53. The minimum atomic E-state index is -0.606. The van der Waals surface area contributed by atoms with Crippen molar-refractivity contribution in [1.29, 1.82) is 0 Å². The van der Waals surface area contributed by atoms with Crippen LogP contribution in [0.4, 0.5) is 0 Å². The van der Waals surface area contributed by atoms with E-state index in [9.17, 15) is 4.79 Å². The molecule has 1 aromatic rings. The van der Waals surface area contributed by atoms with Crippen LogP contribution in [0.5, 0.6) is 0 Å². The molecule has 0 bridgehead atoms. The second kappa shape index (κ2) is 6.99. The lowest BCUT2D eigenvalue weighted by atomic mass is 9.80. The number of hydrogen-bond acceptors (Lipinski definition) is 4. The van der Waals surface area contributed by atoms with Gasteiger partial charge in [-0.05, 0) is 51.7 Å². The van der Waals surface area contributed by atoms with Gasteiger partial charge in [0.05, 0.1) is 10.6 Å². The van der Waals surface area contributed by atoms with Gasteiger partial charge in [-0.25, -0.2) is 4.98 Å². The number of hydrogen-bond donors (Lipinski definition) is 2. The molecule has 2 unspecified atom stereocenters. The summed E-state index contributed by atoms with van der Waals surface area (Å²) >= 11 is 7.82. The Morgan fingerprint density at radius 2 is 2.38 bits per heavy atom. The average Bonchev–Trinajstić information content (AvgIpc) is 2.41. The van der Waals surface area contributed by atoms with E-state index in [-0.39, 0.29) is 11.9 Å². The van der Waals surface area contributed by atoms with Crippen LogP contribution >= 0.6 is 23.4 Å². The quantitative estimate of drug-likeness (QED) is 0.872. The summed E-state index contributed by atoms with van der Waals surface area (Å²) in [6.07, 6.45) is 5.29. The van der Waals surface area contributed by atoms with Crippen LogP contribution in [0.2, 0.25) is 5.02 Å². The fourth-order valence-electron chi connectivity index (χ4n) is 2.92. The molecule has 1 saturated carbocycles. The molecule has 1 amide bonds. The number of carbonyl (C=O) groups excluding carboxylic acids is 1. The summed E-state index contributed by atoms with van der Waals surface area (Å²) in [5.74, 6) is -0.256. The molecule has 3 N–H and O–H groups in total. The Labute approximate surface area is 135 Å². The Morgan fingerprint density at radius 3 is 3.00 bits per heavy atom. The molecule has 1 fully saturated rings. The van der Waals surface area contributed by atoms with Crippen LogP contribution in [0.1, 0.15) is 39.5 Å². The number of pyridine rings is 1. The van der Waals surface area contributed by atoms with E-state index in [0.717, 1.165) is 30.7 Å². The first kappa shape index (κ1) is 16.6. The third kappa shape index (κ3) is 4.11. The fourth-order valence-corrected chi connectivity index (χ4v) is 4.44. The van der Waals surface area contributed by atoms with E-state index in [0.29, 0.717) is 10.3 Å². The highest BCUT2D eigenvalue weighted by atomic mass is 35.5. The predicted molar refractivity (Wildman–Crippen MR) is 87.6 cm³/mol. The molecule has 4 nitrogen and oxygen atoms in total. The van der Waals surface area contributed by atoms with E-state index >= 15 is 0 Å². The third-order valence-corrected chi connectivity index (χ3v) is 5.45. The summed E-state index contributed by atoms with van der Waals surface area (Å²) in [5, 5.41) is 5.17. The van der Waals surface area contributed by atoms with Crippen LogP contribution in [0, 0.1) is 0 Å². The standard InChI is InChI=1S/C15H22ClN3OS/c1-10(2)19-15(14(17)20)7-3-5-11(9-15)21-13-12(16)6-4-8-18-13/h4,6,8,10-11,19H,3,5,7,9H2,1-2H3,(H2,17,20). The van der Waals surface area contributed by atoms with Crippen LogP contribution < -0.4 is 11.1 Å². The maximum atomic E-state index is 12.0. The summed E-state index contributed by atoms with van der Waals surface area (Å²) in [4.78, 5) is 16.3. The van der Waals surface area contributed by atoms with Gasteiger partial charge in [0.1, 0.15) is 5.03 Å². The van der Waals surface area contributed by atoms with Crippen LogP contribution in [0.15, 0.2) is 23.4 Å². The van der Waals surface area contributed by atoms with Crippen LogP contribution in [-0.4, -0.2) is 27.7 Å². The van der Waals surface area contributed by atoms with Gasteiger partial charge in [-0.2, -0.15) is 0 Å². The molecule has 1 heterocycles. The highest BCUT2D eigenvalue weighted by Gasteiger charge is 2.42. The molecule has 6 heteroatoms. The van der Waals surface area contributed by atoms with Gasteiger partial charge in [0.25, 0.3) is 0 Å². The smallest absolute Gasteiger partial charge is 0.237 e. The third-order valence-electron chi connectivity index (χ3n) is 3.75. The van der Waals surface area contributed by atoms with Gasteiger partial charge in [-0.15, -0.1) is 11.8 Å². The number of nitrogens with zero attached hydrogens (tertiary/aromatic N) is 1. The molecule has 0 saturated heterocycles. The van der Waals surface area contributed by atoms with E-state index in [1.807, 2.05) is 26.0 Å². The van der Waals surface area contributed by atoms with Gasteiger partial charge >= 0.3 is 0 Å². The van der Waals surface area contributed by atoms with Gasteiger partial charge in [-0.3, -0.25) is 4.79 Å². The maximum absolute atomic E-state index is 12.0. The molecule has 2 atom stereocenters. The maximum Gasteiger partial charge on any atom is 0.237 e. The largest absolute Gasteiger partial charge is 0.368 e. The molecule has 1 aromatic heterocycles. The molecule has 116 valence electrons. The van der Waals surface area contributed by atoms with Crippen molar-refractivity contribution in [2.45, 2.75) is 61.4 Å². The molecule has 21 heavy (non-hydrogen) atoms. The highest BCUT2D eigenvalue weighted by molar-refractivity contribution is 8.00. The van der Waals surface area contributed by atoms with E-state index in [2.05, 4.69) is 10.3 Å². The SMILES string of the molecule is CC(C)NC1(C(N)=O)CCCC(Sc2ncccc2Cl)C1. The number of halogens is 1. The summed E-state index contributed by atoms with van der Waals surface area (Å²) < 4.78 is 0. The van der Waals surface area contributed by atoms with E-state index in [1.165, 1.54) is 0 Å². The summed E-state index contributed by atoms with van der Waals surface area (Å²) in [7, 11) is 0. The Balaban J connectivity index is 2.12. The van der Waals surface area contributed by atoms with Crippen molar-refractivity contribution in [1.82, 2.24) is 10.3 Å². The lowest BCUT2D eigenvalue weighted by Gasteiger charge is -2.40. The number of carbonyl (C=O) groups is 1. The molecular weight excluding hydrogens is 306 g/mol. The average molecular weight is 328 g/mol. The number of primary amides is 1. The van der Waals surface area contributed by atoms with Crippen molar-refractivity contribution in [2.24, 2.45) is 5.73 Å². The number of nitrogens with one attached hydrogen (secondary N) is 1. The van der Waals surface area contributed by atoms with Gasteiger partial charge < -0.3 is 11.1 Å². The van der Waals surface area contributed by atoms with E-state index in [4.69, 9.17) is 17.3 Å². The predicted octanol–water partition coefficient (Wildman–Crippen LogP) is 2.99. The minimum Gasteiger partial charge on any atom is -0.368 e. The summed E-state index contributed by atoms with van der Waals surface area (Å²) in [6.45, 7) is 4.08. The van der Waals surface area contributed by atoms with Crippen LogP contribution in [-0.2, 0) is 4.79 Å². The molecular formula is C15H22ClN3OS. The van der Waals surface area contributed by atoms with Crippen molar-refractivity contribution in [3.8, 4) is 0 Å². The molecule has 2 rings (SSSR count). The number of amides is 1. The Morgan fingerprint density at radius 1 is 1.62 bits per heavy atom. The first-order valence-electron chi connectivity index (χ1n) is 7.28. The Kier molecular flexibility index (Phi) is 5.52. The van der Waals surface area contributed by atoms with Gasteiger partial charge in [0.2, 0.25) is 5.91 Å². The van der Waals surface area contributed by atoms with Gasteiger partial charge in [0.15, 0.2) is 0 Å².